The molecule has 10 heteroatoms. The normalized spacial score (nSPS) is 17.7. The van der Waals surface area contributed by atoms with E-state index < -0.39 is 15.9 Å². The lowest BCUT2D eigenvalue weighted by Gasteiger charge is -2.30. The maximum absolute atomic E-state index is 13.1. The van der Waals surface area contributed by atoms with E-state index >= 15 is 0 Å². The van der Waals surface area contributed by atoms with Crippen molar-refractivity contribution in [3.05, 3.63) is 47.2 Å². The standard InChI is InChI=1S/C20H22N4O4S2/c1-13-5-7-17(8-6-13)22-20(25)15-4-3-9-24(11-15)30(26,27)18-10-16(12-29-18)19-21-14(2)28-23-19/h5-8,10,12,15H,3-4,9,11H2,1-2H3,(H,22,25). The van der Waals surface area contributed by atoms with Crippen molar-refractivity contribution in [1.29, 1.82) is 0 Å². The van der Waals surface area contributed by atoms with Crippen molar-refractivity contribution in [2.45, 2.75) is 30.9 Å². The van der Waals surface area contributed by atoms with E-state index in [0.717, 1.165) is 16.9 Å². The van der Waals surface area contributed by atoms with Crippen LogP contribution in [0.5, 0.6) is 0 Å². The molecule has 1 aliphatic heterocycles. The van der Waals surface area contributed by atoms with E-state index in [-0.39, 0.29) is 16.7 Å². The Hall–Kier alpha value is -2.56. The van der Waals surface area contributed by atoms with Crippen LogP contribution in [0.25, 0.3) is 11.4 Å². The fourth-order valence-corrected chi connectivity index (χ4v) is 6.20. The van der Waals surface area contributed by atoms with Crippen molar-refractivity contribution in [2.75, 3.05) is 18.4 Å². The number of anilines is 1. The van der Waals surface area contributed by atoms with Gasteiger partial charge in [0.2, 0.25) is 17.6 Å². The number of benzene rings is 1. The van der Waals surface area contributed by atoms with Gasteiger partial charge in [0, 0.05) is 36.6 Å². The average Bonchev–Trinajstić information content (AvgIpc) is 3.39. The van der Waals surface area contributed by atoms with Gasteiger partial charge in [-0.1, -0.05) is 22.9 Å². The third-order valence-corrected chi connectivity index (χ3v) is 8.31. The summed E-state index contributed by atoms with van der Waals surface area (Å²) in [6.45, 7) is 4.21. The highest BCUT2D eigenvalue weighted by Gasteiger charge is 2.34. The number of sulfonamides is 1. The lowest BCUT2D eigenvalue weighted by molar-refractivity contribution is -0.120. The summed E-state index contributed by atoms with van der Waals surface area (Å²) in [5.41, 5.74) is 2.42. The van der Waals surface area contributed by atoms with Gasteiger partial charge in [-0.25, -0.2) is 8.42 Å². The highest BCUT2D eigenvalue weighted by Crippen LogP contribution is 2.31. The summed E-state index contributed by atoms with van der Waals surface area (Å²) < 4.78 is 32.9. The number of hydrogen-bond acceptors (Lipinski definition) is 7. The number of hydrogen-bond donors (Lipinski definition) is 1. The van der Waals surface area contributed by atoms with E-state index in [4.69, 9.17) is 4.52 Å². The van der Waals surface area contributed by atoms with Crippen LogP contribution in [0.1, 0.15) is 24.3 Å². The maximum Gasteiger partial charge on any atom is 0.252 e. The summed E-state index contributed by atoms with van der Waals surface area (Å²) in [6.07, 6.45) is 1.29. The van der Waals surface area contributed by atoms with Crippen LogP contribution in [0, 0.1) is 19.8 Å². The molecule has 30 heavy (non-hydrogen) atoms. The number of rotatable bonds is 5. The molecule has 1 saturated heterocycles. The molecular weight excluding hydrogens is 424 g/mol. The SMILES string of the molecule is Cc1ccc(NC(=O)C2CCCN(S(=O)(=O)c3cc(-c4noc(C)n4)cs3)C2)cc1. The Bertz CT molecular complexity index is 1150. The topological polar surface area (TPSA) is 105 Å². The first-order chi connectivity index (χ1) is 14.3. The third kappa shape index (κ3) is 4.30. The van der Waals surface area contributed by atoms with Gasteiger partial charge in [0.25, 0.3) is 10.0 Å². The number of carbonyl (C=O) groups excluding carboxylic acids is 1. The fraction of sp³-hybridized carbons (Fsp3) is 0.350. The second-order valence-corrected chi connectivity index (χ2v) is 10.4. The van der Waals surface area contributed by atoms with Gasteiger partial charge in [-0.3, -0.25) is 4.79 Å². The van der Waals surface area contributed by atoms with E-state index in [1.165, 1.54) is 4.31 Å². The quantitative estimate of drug-likeness (QED) is 0.643. The molecule has 0 bridgehead atoms. The number of amides is 1. The predicted molar refractivity (Wildman–Crippen MR) is 114 cm³/mol. The van der Waals surface area contributed by atoms with E-state index in [0.29, 0.717) is 42.4 Å². The van der Waals surface area contributed by atoms with Gasteiger partial charge >= 0.3 is 0 Å². The van der Waals surface area contributed by atoms with Crippen molar-refractivity contribution in [2.24, 2.45) is 5.92 Å². The number of aromatic nitrogens is 2. The Labute approximate surface area is 179 Å². The number of nitrogens with zero attached hydrogens (tertiary/aromatic N) is 3. The monoisotopic (exact) mass is 446 g/mol. The van der Waals surface area contributed by atoms with Crippen molar-refractivity contribution in [1.82, 2.24) is 14.4 Å². The summed E-state index contributed by atoms with van der Waals surface area (Å²) in [6, 6.07) is 9.09. The number of nitrogens with one attached hydrogen (secondary N) is 1. The molecule has 1 fully saturated rings. The predicted octanol–water partition coefficient (Wildman–Crippen LogP) is 3.45. The molecule has 1 aliphatic rings. The first kappa shape index (κ1) is 20.7. The second kappa shape index (κ2) is 8.29. The third-order valence-electron chi connectivity index (χ3n) is 5.03. The lowest BCUT2D eigenvalue weighted by atomic mass is 9.98. The Kier molecular flexibility index (Phi) is 5.72. The van der Waals surface area contributed by atoms with Gasteiger partial charge in [-0.15, -0.1) is 11.3 Å². The van der Waals surface area contributed by atoms with Crippen molar-refractivity contribution < 1.29 is 17.7 Å². The Morgan fingerprint density at radius 2 is 2.03 bits per heavy atom. The van der Waals surface area contributed by atoms with E-state index in [1.54, 1.807) is 18.4 Å². The molecule has 158 valence electrons. The largest absolute Gasteiger partial charge is 0.339 e. The molecular formula is C20H22N4O4S2. The van der Waals surface area contributed by atoms with Gasteiger partial charge in [-0.2, -0.15) is 9.29 Å². The smallest absolute Gasteiger partial charge is 0.252 e. The zero-order valence-electron chi connectivity index (χ0n) is 16.7. The molecule has 4 rings (SSSR count). The van der Waals surface area contributed by atoms with Gasteiger partial charge in [0.05, 0.1) is 5.92 Å². The summed E-state index contributed by atoms with van der Waals surface area (Å²) in [5.74, 6) is 0.222. The molecule has 0 saturated carbocycles. The summed E-state index contributed by atoms with van der Waals surface area (Å²) in [7, 11) is -3.70. The lowest BCUT2D eigenvalue weighted by Crippen LogP contribution is -2.43. The molecule has 1 aromatic carbocycles. The second-order valence-electron chi connectivity index (χ2n) is 7.35. The first-order valence-electron chi connectivity index (χ1n) is 9.60. The van der Waals surface area contributed by atoms with Gasteiger partial charge in [0.15, 0.2) is 0 Å². The molecule has 2 aromatic heterocycles. The molecule has 0 radical (unpaired) electrons. The van der Waals surface area contributed by atoms with Crippen LogP contribution >= 0.6 is 11.3 Å². The minimum atomic E-state index is -3.70. The zero-order valence-corrected chi connectivity index (χ0v) is 18.3. The minimum Gasteiger partial charge on any atom is -0.339 e. The Morgan fingerprint density at radius 1 is 1.27 bits per heavy atom. The molecule has 8 nitrogen and oxygen atoms in total. The van der Waals surface area contributed by atoms with Gasteiger partial charge < -0.3 is 9.84 Å². The Morgan fingerprint density at radius 3 is 2.73 bits per heavy atom. The molecule has 1 amide bonds. The maximum atomic E-state index is 13.1. The van der Waals surface area contributed by atoms with E-state index in [1.807, 2.05) is 31.2 Å². The molecule has 1 atom stereocenters. The number of carbonyl (C=O) groups is 1. The first-order valence-corrected chi connectivity index (χ1v) is 11.9. The van der Waals surface area contributed by atoms with Crippen LogP contribution in [0.3, 0.4) is 0 Å². The highest BCUT2D eigenvalue weighted by atomic mass is 32.2. The summed E-state index contributed by atoms with van der Waals surface area (Å²) in [4.78, 5) is 16.8. The molecule has 3 aromatic rings. The average molecular weight is 447 g/mol. The molecule has 0 aliphatic carbocycles. The molecule has 1 unspecified atom stereocenters. The van der Waals surface area contributed by atoms with Crippen molar-refractivity contribution >= 4 is 33.0 Å². The zero-order chi connectivity index (χ0) is 21.3. The van der Waals surface area contributed by atoms with E-state index in [2.05, 4.69) is 15.5 Å². The fourth-order valence-electron chi connectivity index (χ4n) is 3.37. The highest BCUT2D eigenvalue weighted by molar-refractivity contribution is 7.91. The van der Waals surface area contributed by atoms with Crippen LogP contribution in [-0.2, 0) is 14.8 Å². The Balaban J connectivity index is 1.47. The van der Waals surface area contributed by atoms with Crippen molar-refractivity contribution in [3.63, 3.8) is 0 Å². The number of thiophene rings is 1. The van der Waals surface area contributed by atoms with Crippen LogP contribution in [-0.4, -0.2) is 41.9 Å². The molecule has 3 heterocycles. The van der Waals surface area contributed by atoms with Crippen LogP contribution < -0.4 is 5.32 Å². The summed E-state index contributed by atoms with van der Waals surface area (Å²) >= 11 is 1.12. The van der Waals surface area contributed by atoms with E-state index in [9.17, 15) is 13.2 Å². The number of aryl methyl sites for hydroxylation is 2. The van der Waals surface area contributed by atoms with Crippen molar-refractivity contribution in [3.8, 4) is 11.4 Å². The molecule has 1 N–H and O–H groups in total. The summed E-state index contributed by atoms with van der Waals surface area (Å²) in [5, 5.41) is 8.42. The molecule has 0 spiro atoms. The van der Waals surface area contributed by atoms with Crippen LogP contribution in [0.15, 0.2) is 44.4 Å². The van der Waals surface area contributed by atoms with Crippen LogP contribution in [0.2, 0.25) is 0 Å². The van der Waals surface area contributed by atoms with Gasteiger partial charge in [-0.05, 0) is 38.0 Å². The van der Waals surface area contributed by atoms with Crippen LogP contribution in [0.4, 0.5) is 5.69 Å². The number of piperidine rings is 1. The van der Waals surface area contributed by atoms with Gasteiger partial charge in [0.1, 0.15) is 4.21 Å². The minimum absolute atomic E-state index is 0.159.